The summed E-state index contributed by atoms with van der Waals surface area (Å²) in [6.07, 6.45) is 0.633. The number of nitrogens with one attached hydrogen (secondary N) is 3. The molecule has 9 heteroatoms. The van der Waals surface area contributed by atoms with Gasteiger partial charge < -0.3 is 15.5 Å². The topological polar surface area (TPSA) is 108 Å². The fourth-order valence-corrected chi connectivity index (χ4v) is 4.40. The number of nitrogens with zero attached hydrogens (tertiary/aromatic N) is 3. The quantitative estimate of drug-likeness (QED) is 0.648. The third kappa shape index (κ3) is 2.98. The average Bonchev–Trinajstić information content (AvgIpc) is 3.34. The van der Waals surface area contributed by atoms with E-state index in [1.165, 1.54) is 5.56 Å². The summed E-state index contributed by atoms with van der Waals surface area (Å²) in [5.41, 5.74) is 4.88. The molecule has 0 radical (unpaired) electrons. The molecule has 0 spiro atoms. The predicted molar refractivity (Wildman–Crippen MR) is 104 cm³/mol. The fraction of sp³-hybridized carbons (Fsp3) is 0.400. The van der Waals surface area contributed by atoms with Crippen LogP contribution in [0, 0.1) is 0 Å². The SMILES string of the molecule is Cn1nc2c(c1NCc1ccc3c(c1)CN(C1CCC(=O)NC1=O)C3=O)CNC2. The molecule has 1 saturated heterocycles. The van der Waals surface area contributed by atoms with Crippen molar-refractivity contribution in [3.8, 4) is 0 Å². The van der Waals surface area contributed by atoms with Gasteiger partial charge in [-0.3, -0.25) is 24.4 Å². The molecule has 3 aliphatic rings. The van der Waals surface area contributed by atoms with Crippen LogP contribution in [0.1, 0.15) is 45.6 Å². The number of rotatable bonds is 4. The van der Waals surface area contributed by atoms with Crippen LogP contribution in [0.15, 0.2) is 18.2 Å². The summed E-state index contributed by atoms with van der Waals surface area (Å²) in [5.74, 6) is 0.194. The Bertz CT molecular complexity index is 1040. The van der Waals surface area contributed by atoms with Gasteiger partial charge in [-0.05, 0) is 23.6 Å². The second-order valence-electron chi connectivity index (χ2n) is 7.75. The average molecular weight is 394 g/mol. The fourth-order valence-electron chi connectivity index (χ4n) is 4.40. The lowest BCUT2D eigenvalue weighted by molar-refractivity contribution is -0.136. The number of carbonyl (C=O) groups excluding carboxylic acids is 3. The Labute approximate surface area is 167 Å². The van der Waals surface area contributed by atoms with E-state index >= 15 is 0 Å². The Morgan fingerprint density at radius 3 is 2.93 bits per heavy atom. The molecule has 1 aromatic carbocycles. The standard InChI is InChI=1S/C20H22N6O3/c1-25-18(14-8-21-9-15(14)24-25)22-7-11-2-3-13-12(6-11)10-26(20(13)29)16-4-5-17(27)23-19(16)28/h2-3,6,16,21-22H,4-5,7-10H2,1H3,(H,23,27,28). The maximum Gasteiger partial charge on any atom is 0.255 e. The van der Waals surface area contributed by atoms with E-state index in [1.807, 2.05) is 29.9 Å². The van der Waals surface area contributed by atoms with Gasteiger partial charge >= 0.3 is 0 Å². The van der Waals surface area contributed by atoms with Crippen molar-refractivity contribution in [2.75, 3.05) is 5.32 Å². The Hall–Kier alpha value is -3.20. The van der Waals surface area contributed by atoms with Crippen molar-refractivity contribution in [2.45, 2.75) is 45.1 Å². The number of anilines is 1. The molecular formula is C20H22N6O3. The molecule has 0 bridgehead atoms. The zero-order chi connectivity index (χ0) is 20.1. The van der Waals surface area contributed by atoms with Gasteiger partial charge in [0.25, 0.3) is 5.91 Å². The van der Waals surface area contributed by atoms with Crippen LogP contribution in [0.25, 0.3) is 0 Å². The third-order valence-corrected chi connectivity index (χ3v) is 5.87. The first-order valence-corrected chi connectivity index (χ1v) is 9.77. The third-order valence-electron chi connectivity index (χ3n) is 5.87. The molecule has 4 heterocycles. The van der Waals surface area contributed by atoms with Crippen molar-refractivity contribution in [1.82, 2.24) is 25.3 Å². The van der Waals surface area contributed by atoms with Gasteiger partial charge in [-0.1, -0.05) is 12.1 Å². The van der Waals surface area contributed by atoms with E-state index < -0.39 is 6.04 Å². The maximum absolute atomic E-state index is 12.8. The highest BCUT2D eigenvalue weighted by atomic mass is 16.2. The van der Waals surface area contributed by atoms with Gasteiger partial charge in [0.2, 0.25) is 11.8 Å². The Balaban J connectivity index is 1.31. The summed E-state index contributed by atoms with van der Waals surface area (Å²) in [7, 11) is 1.93. The second kappa shape index (κ2) is 6.70. The Morgan fingerprint density at radius 1 is 1.24 bits per heavy atom. The first kappa shape index (κ1) is 17.9. The van der Waals surface area contributed by atoms with E-state index in [-0.39, 0.29) is 24.1 Å². The van der Waals surface area contributed by atoms with Crippen LogP contribution >= 0.6 is 0 Å². The molecule has 3 amide bonds. The molecule has 29 heavy (non-hydrogen) atoms. The lowest BCUT2D eigenvalue weighted by atomic mass is 10.0. The summed E-state index contributed by atoms with van der Waals surface area (Å²) in [6, 6.07) is 5.20. The second-order valence-corrected chi connectivity index (χ2v) is 7.75. The maximum atomic E-state index is 12.8. The van der Waals surface area contributed by atoms with E-state index in [1.54, 1.807) is 4.90 Å². The van der Waals surface area contributed by atoms with E-state index in [9.17, 15) is 14.4 Å². The van der Waals surface area contributed by atoms with Crippen molar-refractivity contribution in [2.24, 2.45) is 7.05 Å². The summed E-state index contributed by atoms with van der Waals surface area (Å²) >= 11 is 0. The molecule has 1 aromatic heterocycles. The molecule has 1 unspecified atom stereocenters. The zero-order valence-electron chi connectivity index (χ0n) is 16.1. The van der Waals surface area contributed by atoms with Gasteiger partial charge in [0.05, 0.1) is 5.69 Å². The van der Waals surface area contributed by atoms with Crippen molar-refractivity contribution in [3.05, 3.63) is 46.1 Å². The minimum absolute atomic E-state index is 0.149. The number of amides is 3. The van der Waals surface area contributed by atoms with E-state index in [2.05, 4.69) is 21.0 Å². The smallest absolute Gasteiger partial charge is 0.255 e. The lowest BCUT2D eigenvalue weighted by Gasteiger charge is -2.29. The molecule has 5 rings (SSSR count). The van der Waals surface area contributed by atoms with Gasteiger partial charge in [0.15, 0.2) is 0 Å². The number of hydrogen-bond donors (Lipinski definition) is 3. The lowest BCUT2D eigenvalue weighted by Crippen LogP contribution is -2.52. The molecule has 1 fully saturated rings. The monoisotopic (exact) mass is 394 g/mol. The van der Waals surface area contributed by atoms with Gasteiger partial charge in [0.1, 0.15) is 11.9 Å². The van der Waals surface area contributed by atoms with Crippen LogP contribution in [0.3, 0.4) is 0 Å². The first-order chi connectivity index (χ1) is 14.0. The Kier molecular flexibility index (Phi) is 4.13. The number of fused-ring (bicyclic) bond motifs is 2. The molecule has 3 aliphatic heterocycles. The number of carbonyl (C=O) groups is 3. The molecule has 3 N–H and O–H groups in total. The summed E-state index contributed by atoms with van der Waals surface area (Å²) < 4.78 is 1.87. The van der Waals surface area contributed by atoms with Gasteiger partial charge in [0, 0.05) is 50.8 Å². The van der Waals surface area contributed by atoms with Crippen LogP contribution < -0.4 is 16.0 Å². The molecular weight excluding hydrogens is 372 g/mol. The number of aromatic nitrogens is 2. The van der Waals surface area contributed by atoms with Gasteiger partial charge in [-0.25, -0.2) is 0 Å². The van der Waals surface area contributed by atoms with E-state index in [0.717, 1.165) is 35.7 Å². The number of piperidine rings is 1. The van der Waals surface area contributed by atoms with Crippen molar-refractivity contribution in [1.29, 1.82) is 0 Å². The van der Waals surface area contributed by atoms with Crippen molar-refractivity contribution < 1.29 is 14.4 Å². The summed E-state index contributed by atoms with van der Waals surface area (Å²) in [4.78, 5) is 37.9. The zero-order valence-corrected chi connectivity index (χ0v) is 16.1. The van der Waals surface area contributed by atoms with Crippen LogP contribution in [0.4, 0.5) is 5.82 Å². The number of imide groups is 1. The number of aryl methyl sites for hydroxylation is 1. The summed E-state index contributed by atoms with van der Waals surface area (Å²) in [5, 5.41) is 13.6. The molecule has 150 valence electrons. The molecule has 1 atom stereocenters. The van der Waals surface area contributed by atoms with Crippen LogP contribution in [-0.2, 0) is 42.8 Å². The summed E-state index contributed by atoms with van der Waals surface area (Å²) in [6.45, 7) is 2.61. The largest absolute Gasteiger partial charge is 0.366 e. The molecule has 0 aliphatic carbocycles. The highest BCUT2D eigenvalue weighted by molar-refractivity contribution is 6.05. The predicted octanol–water partition coefficient (Wildman–Crippen LogP) is 0.396. The van der Waals surface area contributed by atoms with Crippen molar-refractivity contribution in [3.63, 3.8) is 0 Å². The van der Waals surface area contributed by atoms with E-state index in [0.29, 0.717) is 25.1 Å². The highest BCUT2D eigenvalue weighted by Crippen LogP contribution is 2.29. The molecule has 9 nitrogen and oxygen atoms in total. The van der Waals surface area contributed by atoms with E-state index in [4.69, 9.17) is 0 Å². The van der Waals surface area contributed by atoms with Crippen molar-refractivity contribution >= 4 is 23.5 Å². The van der Waals surface area contributed by atoms with Crippen LogP contribution in [0.2, 0.25) is 0 Å². The normalized spacial score (nSPS) is 20.7. The number of benzene rings is 1. The molecule has 0 saturated carbocycles. The minimum atomic E-state index is -0.585. The van der Waals surface area contributed by atoms with Crippen LogP contribution in [-0.4, -0.2) is 38.4 Å². The minimum Gasteiger partial charge on any atom is -0.366 e. The first-order valence-electron chi connectivity index (χ1n) is 9.77. The molecule has 2 aromatic rings. The van der Waals surface area contributed by atoms with Crippen LogP contribution in [0.5, 0.6) is 0 Å². The Morgan fingerprint density at radius 2 is 2.10 bits per heavy atom. The highest BCUT2D eigenvalue weighted by Gasteiger charge is 2.39. The van der Waals surface area contributed by atoms with Gasteiger partial charge in [-0.2, -0.15) is 5.10 Å². The number of hydrogen-bond acceptors (Lipinski definition) is 6. The van der Waals surface area contributed by atoms with Gasteiger partial charge in [-0.15, -0.1) is 0 Å².